The summed E-state index contributed by atoms with van der Waals surface area (Å²) in [6.07, 6.45) is 1.47. The minimum atomic E-state index is 0.187. The van der Waals surface area contributed by atoms with Gasteiger partial charge in [0.1, 0.15) is 5.75 Å². The van der Waals surface area contributed by atoms with Gasteiger partial charge in [0.2, 0.25) is 5.91 Å². The molecule has 1 amide bonds. The minimum Gasteiger partial charge on any atom is -0.493 e. The average molecular weight is 262 g/mol. The fourth-order valence-corrected chi connectivity index (χ4v) is 2.30. The first-order valence-corrected chi connectivity index (χ1v) is 6.95. The van der Waals surface area contributed by atoms with E-state index in [1.807, 2.05) is 35.2 Å². The van der Waals surface area contributed by atoms with Crippen LogP contribution in [0.25, 0.3) is 0 Å². The Morgan fingerprint density at radius 3 is 3.00 bits per heavy atom. The first-order valence-electron chi connectivity index (χ1n) is 6.95. The van der Waals surface area contributed by atoms with Crippen molar-refractivity contribution in [3.63, 3.8) is 0 Å². The second-order valence-electron chi connectivity index (χ2n) is 4.91. The van der Waals surface area contributed by atoms with Gasteiger partial charge in [-0.3, -0.25) is 4.79 Å². The van der Waals surface area contributed by atoms with Crippen molar-refractivity contribution in [2.45, 2.75) is 25.8 Å². The van der Waals surface area contributed by atoms with Gasteiger partial charge >= 0.3 is 0 Å². The van der Waals surface area contributed by atoms with E-state index >= 15 is 0 Å². The van der Waals surface area contributed by atoms with Crippen LogP contribution in [0.3, 0.4) is 0 Å². The molecule has 1 N–H and O–H groups in total. The molecular formula is C15H22N2O2. The second kappa shape index (κ2) is 7.14. The van der Waals surface area contributed by atoms with Gasteiger partial charge in [0, 0.05) is 19.1 Å². The Morgan fingerprint density at radius 1 is 1.42 bits per heavy atom. The molecule has 104 valence electrons. The molecule has 0 aromatic heterocycles. The Kier molecular flexibility index (Phi) is 5.21. The lowest BCUT2D eigenvalue weighted by molar-refractivity contribution is -0.133. The molecule has 1 aromatic rings. The number of hydrogen-bond donors (Lipinski definition) is 1. The molecule has 1 fully saturated rings. The zero-order valence-electron chi connectivity index (χ0n) is 11.5. The second-order valence-corrected chi connectivity index (χ2v) is 4.91. The van der Waals surface area contributed by atoms with E-state index in [2.05, 4.69) is 12.2 Å². The number of benzene rings is 1. The van der Waals surface area contributed by atoms with Crippen LogP contribution in [0.15, 0.2) is 30.3 Å². The van der Waals surface area contributed by atoms with Crippen LogP contribution >= 0.6 is 0 Å². The number of amides is 1. The monoisotopic (exact) mass is 262 g/mol. The lowest BCUT2D eigenvalue weighted by Gasteiger charge is -2.26. The van der Waals surface area contributed by atoms with Crippen LogP contribution in [-0.2, 0) is 4.79 Å². The molecule has 1 heterocycles. The zero-order chi connectivity index (χ0) is 13.5. The van der Waals surface area contributed by atoms with E-state index in [-0.39, 0.29) is 11.9 Å². The summed E-state index contributed by atoms with van der Waals surface area (Å²) < 4.78 is 5.57. The Hall–Kier alpha value is -1.55. The summed E-state index contributed by atoms with van der Waals surface area (Å²) in [5.41, 5.74) is 0. The summed E-state index contributed by atoms with van der Waals surface area (Å²) in [6.45, 7) is 5.26. The van der Waals surface area contributed by atoms with E-state index in [1.54, 1.807) is 0 Å². The number of carbonyl (C=O) groups excluding carboxylic acids is 1. The largest absolute Gasteiger partial charge is 0.493 e. The molecule has 0 aliphatic carbocycles. The van der Waals surface area contributed by atoms with Gasteiger partial charge in [-0.05, 0) is 32.0 Å². The van der Waals surface area contributed by atoms with E-state index in [9.17, 15) is 4.79 Å². The molecule has 0 spiro atoms. The molecule has 1 aromatic carbocycles. The van der Waals surface area contributed by atoms with Crippen LogP contribution in [0, 0.1) is 0 Å². The highest BCUT2D eigenvalue weighted by Gasteiger charge is 2.21. The molecule has 0 bridgehead atoms. The van der Waals surface area contributed by atoms with Crippen molar-refractivity contribution in [1.29, 1.82) is 0 Å². The van der Waals surface area contributed by atoms with E-state index in [1.165, 1.54) is 0 Å². The molecule has 19 heavy (non-hydrogen) atoms. The standard InChI is InChI=1S/C15H22N2O2/c1-13-12-16-9-5-10-17(13)15(18)8-11-19-14-6-3-2-4-7-14/h2-4,6-7,13,16H,5,8-12H2,1H3. The summed E-state index contributed by atoms with van der Waals surface area (Å²) in [5, 5.41) is 3.34. The number of rotatable bonds is 4. The van der Waals surface area contributed by atoms with Crippen LogP contribution in [0.2, 0.25) is 0 Å². The molecule has 1 unspecified atom stereocenters. The zero-order valence-corrected chi connectivity index (χ0v) is 11.5. The molecule has 0 radical (unpaired) electrons. The van der Waals surface area contributed by atoms with Crippen LogP contribution in [-0.4, -0.2) is 43.1 Å². The molecule has 1 aliphatic rings. The number of hydrogen-bond acceptors (Lipinski definition) is 3. The summed E-state index contributed by atoms with van der Waals surface area (Å²) in [6, 6.07) is 9.89. The van der Waals surface area contributed by atoms with Crippen LogP contribution in [0.5, 0.6) is 5.75 Å². The molecular weight excluding hydrogens is 240 g/mol. The quantitative estimate of drug-likeness (QED) is 0.897. The van der Waals surface area contributed by atoms with E-state index < -0.39 is 0 Å². The Morgan fingerprint density at radius 2 is 2.21 bits per heavy atom. The van der Waals surface area contributed by atoms with Crippen molar-refractivity contribution < 1.29 is 9.53 Å². The Bertz CT molecular complexity index is 394. The van der Waals surface area contributed by atoms with Gasteiger partial charge in [0.05, 0.1) is 13.0 Å². The van der Waals surface area contributed by atoms with Crippen molar-refractivity contribution in [3.8, 4) is 5.75 Å². The lowest BCUT2D eigenvalue weighted by Crippen LogP contribution is -2.42. The SMILES string of the molecule is CC1CNCCCN1C(=O)CCOc1ccccc1. The molecule has 1 atom stereocenters. The Labute approximate surface area is 114 Å². The first kappa shape index (κ1) is 13.9. The van der Waals surface area contributed by atoms with Crippen molar-refractivity contribution in [1.82, 2.24) is 10.2 Å². The number of para-hydroxylation sites is 1. The smallest absolute Gasteiger partial charge is 0.226 e. The van der Waals surface area contributed by atoms with Crippen molar-refractivity contribution >= 4 is 5.91 Å². The van der Waals surface area contributed by atoms with Gasteiger partial charge in [-0.1, -0.05) is 18.2 Å². The molecule has 1 saturated heterocycles. The summed E-state index contributed by atoms with van der Waals surface area (Å²) in [4.78, 5) is 14.1. The molecule has 4 nitrogen and oxygen atoms in total. The van der Waals surface area contributed by atoms with E-state index in [4.69, 9.17) is 4.74 Å². The molecule has 4 heteroatoms. The third-order valence-electron chi connectivity index (χ3n) is 3.37. The average Bonchev–Trinajstić information content (AvgIpc) is 2.64. The number of nitrogens with one attached hydrogen (secondary N) is 1. The maximum absolute atomic E-state index is 12.2. The summed E-state index contributed by atoms with van der Waals surface area (Å²) in [5.74, 6) is 1.01. The third-order valence-corrected chi connectivity index (χ3v) is 3.37. The number of ether oxygens (including phenoxy) is 1. The Balaban J connectivity index is 1.77. The minimum absolute atomic E-state index is 0.187. The normalized spacial score (nSPS) is 19.8. The van der Waals surface area contributed by atoms with Gasteiger partial charge in [0.15, 0.2) is 0 Å². The highest BCUT2D eigenvalue weighted by atomic mass is 16.5. The van der Waals surface area contributed by atoms with Crippen molar-refractivity contribution in [3.05, 3.63) is 30.3 Å². The van der Waals surface area contributed by atoms with Gasteiger partial charge in [-0.25, -0.2) is 0 Å². The van der Waals surface area contributed by atoms with E-state index in [0.29, 0.717) is 13.0 Å². The van der Waals surface area contributed by atoms with Gasteiger partial charge in [-0.2, -0.15) is 0 Å². The van der Waals surface area contributed by atoms with E-state index in [0.717, 1.165) is 31.8 Å². The van der Waals surface area contributed by atoms with Crippen LogP contribution in [0.4, 0.5) is 0 Å². The predicted molar refractivity (Wildman–Crippen MR) is 75.2 cm³/mol. The first-order chi connectivity index (χ1) is 9.27. The molecule has 1 aliphatic heterocycles. The summed E-state index contributed by atoms with van der Waals surface area (Å²) in [7, 11) is 0. The highest BCUT2D eigenvalue weighted by Crippen LogP contribution is 2.10. The van der Waals surface area contributed by atoms with Gasteiger partial charge in [0.25, 0.3) is 0 Å². The van der Waals surface area contributed by atoms with Crippen molar-refractivity contribution in [2.24, 2.45) is 0 Å². The molecule has 0 saturated carbocycles. The third kappa shape index (κ3) is 4.24. The maximum Gasteiger partial charge on any atom is 0.226 e. The number of carbonyl (C=O) groups is 1. The van der Waals surface area contributed by atoms with Crippen molar-refractivity contribution in [2.75, 3.05) is 26.2 Å². The topological polar surface area (TPSA) is 41.6 Å². The highest BCUT2D eigenvalue weighted by molar-refractivity contribution is 5.76. The predicted octanol–water partition coefficient (Wildman–Crippen LogP) is 1.67. The fourth-order valence-electron chi connectivity index (χ4n) is 2.30. The van der Waals surface area contributed by atoms with Gasteiger partial charge in [-0.15, -0.1) is 0 Å². The summed E-state index contributed by atoms with van der Waals surface area (Å²) >= 11 is 0. The van der Waals surface area contributed by atoms with Crippen LogP contribution in [0.1, 0.15) is 19.8 Å². The lowest BCUT2D eigenvalue weighted by atomic mass is 10.2. The number of nitrogens with zero attached hydrogens (tertiary/aromatic N) is 1. The van der Waals surface area contributed by atoms with Gasteiger partial charge < -0.3 is 15.0 Å². The molecule has 2 rings (SSSR count). The maximum atomic E-state index is 12.2. The van der Waals surface area contributed by atoms with Crippen LogP contribution < -0.4 is 10.1 Å². The fraction of sp³-hybridized carbons (Fsp3) is 0.533.